The van der Waals surface area contributed by atoms with Crippen LogP contribution in [0.3, 0.4) is 0 Å². The fraction of sp³-hybridized carbons (Fsp3) is 0.471. The molecule has 0 radical (unpaired) electrons. The molecule has 0 aliphatic heterocycles. The number of rotatable bonds is 6. The molecule has 4 heteroatoms. The Labute approximate surface area is 126 Å². The van der Waals surface area contributed by atoms with Crippen LogP contribution in [-0.4, -0.2) is 30.7 Å². The zero-order valence-electron chi connectivity index (χ0n) is 12.6. The van der Waals surface area contributed by atoms with Gasteiger partial charge in [0.05, 0.1) is 6.61 Å². The average molecular weight is 288 g/mol. The van der Waals surface area contributed by atoms with Crippen LogP contribution in [0.15, 0.2) is 30.4 Å². The number of aliphatic hydroxyl groups is 1. The number of hydrogen-bond donors (Lipinski definition) is 3. The summed E-state index contributed by atoms with van der Waals surface area (Å²) in [6.45, 7) is 3.13. The Morgan fingerprint density at radius 1 is 1.38 bits per heavy atom. The van der Waals surface area contributed by atoms with Crippen LogP contribution in [0.2, 0.25) is 0 Å². The van der Waals surface area contributed by atoms with Crippen LogP contribution < -0.4 is 10.6 Å². The maximum absolute atomic E-state index is 12.0. The summed E-state index contributed by atoms with van der Waals surface area (Å²) >= 11 is 0. The third-order valence-electron chi connectivity index (χ3n) is 3.93. The van der Waals surface area contributed by atoms with Gasteiger partial charge in [-0.05, 0) is 49.8 Å². The SMILES string of the molecule is Cc1c(NCC2CC=CCC2)cccc1C(=O)NCCO. The van der Waals surface area contributed by atoms with E-state index >= 15 is 0 Å². The Hall–Kier alpha value is -1.81. The predicted octanol–water partition coefficient (Wildman–Crippen LogP) is 2.49. The van der Waals surface area contributed by atoms with Crippen molar-refractivity contribution in [1.29, 1.82) is 0 Å². The highest BCUT2D eigenvalue weighted by Crippen LogP contribution is 2.22. The second-order valence-electron chi connectivity index (χ2n) is 5.49. The van der Waals surface area contributed by atoms with Gasteiger partial charge in [0.1, 0.15) is 0 Å². The van der Waals surface area contributed by atoms with Crippen LogP contribution in [-0.2, 0) is 0 Å². The summed E-state index contributed by atoms with van der Waals surface area (Å²) in [5, 5.41) is 14.9. The Morgan fingerprint density at radius 3 is 2.95 bits per heavy atom. The zero-order chi connectivity index (χ0) is 15.1. The van der Waals surface area contributed by atoms with Gasteiger partial charge in [0.25, 0.3) is 5.91 Å². The van der Waals surface area contributed by atoms with Crippen molar-refractivity contribution in [3.05, 3.63) is 41.5 Å². The quantitative estimate of drug-likeness (QED) is 0.705. The van der Waals surface area contributed by atoms with Gasteiger partial charge in [0, 0.05) is 24.3 Å². The van der Waals surface area contributed by atoms with Crippen LogP contribution >= 0.6 is 0 Å². The van der Waals surface area contributed by atoms with Crippen molar-refractivity contribution in [3.8, 4) is 0 Å². The smallest absolute Gasteiger partial charge is 0.251 e. The van der Waals surface area contributed by atoms with E-state index < -0.39 is 0 Å². The number of carbonyl (C=O) groups excluding carboxylic acids is 1. The van der Waals surface area contributed by atoms with Gasteiger partial charge in [-0.25, -0.2) is 0 Å². The summed E-state index contributed by atoms with van der Waals surface area (Å²) in [7, 11) is 0. The normalized spacial score (nSPS) is 17.5. The largest absolute Gasteiger partial charge is 0.395 e. The van der Waals surface area contributed by atoms with Crippen LogP contribution in [0.4, 0.5) is 5.69 Å². The van der Waals surface area contributed by atoms with Gasteiger partial charge in [0.15, 0.2) is 0 Å². The van der Waals surface area contributed by atoms with Gasteiger partial charge in [-0.2, -0.15) is 0 Å². The maximum atomic E-state index is 12.0. The molecule has 0 spiro atoms. The summed E-state index contributed by atoms with van der Waals surface area (Å²) in [6, 6.07) is 5.72. The Morgan fingerprint density at radius 2 is 2.24 bits per heavy atom. The van der Waals surface area contributed by atoms with E-state index in [1.165, 1.54) is 6.42 Å². The highest BCUT2D eigenvalue weighted by molar-refractivity contribution is 5.97. The number of nitrogens with one attached hydrogen (secondary N) is 2. The van der Waals surface area contributed by atoms with Gasteiger partial charge in [-0.15, -0.1) is 0 Å². The second-order valence-corrected chi connectivity index (χ2v) is 5.49. The van der Waals surface area contributed by atoms with E-state index in [0.717, 1.165) is 30.6 Å². The van der Waals surface area contributed by atoms with Crippen molar-refractivity contribution in [2.24, 2.45) is 5.92 Å². The lowest BCUT2D eigenvalue weighted by molar-refractivity contribution is 0.0944. The minimum atomic E-state index is -0.134. The van der Waals surface area contributed by atoms with E-state index in [1.54, 1.807) is 0 Å². The van der Waals surface area contributed by atoms with Crippen molar-refractivity contribution in [3.63, 3.8) is 0 Å². The lowest BCUT2D eigenvalue weighted by atomic mass is 9.94. The van der Waals surface area contributed by atoms with Gasteiger partial charge in [-0.1, -0.05) is 18.2 Å². The molecule has 1 atom stereocenters. The molecule has 0 aromatic heterocycles. The van der Waals surface area contributed by atoms with Gasteiger partial charge in [-0.3, -0.25) is 4.79 Å². The molecule has 1 aliphatic carbocycles. The summed E-state index contributed by atoms with van der Waals surface area (Å²) in [4.78, 5) is 12.0. The molecular weight excluding hydrogens is 264 g/mol. The van der Waals surface area contributed by atoms with Crippen LogP contribution in [0.5, 0.6) is 0 Å². The molecule has 3 N–H and O–H groups in total. The second kappa shape index (κ2) is 7.84. The van der Waals surface area contributed by atoms with E-state index in [0.29, 0.717) is 11.5 Å². The summed E-state index contributed by atoms with van der Waals surface area (Å²) in [6.07, 6.45) is 8.01. The zero-order valence-corrected chi connectivity index (χ0v) is 12.6. The number of aliphatic hydroxyl groups excluding tert-OH is 1. The number of hydrogen-bond acceptors (Lipinski definition) is 3. The molecule has 0 fully saturated rings. The van der Waals surface area contributed by atoms with Crippen molar-refractivity contribution in [2.45, 2.75) is 26.2 Å². The number of anilines is 1. The van der Waals surface area contributed by atoms with Gasteiger partial charge >= 0.3 is 0 Å². The van der Waals surface area contributed by atoms with Crippen molar-refractivity contribution in [1.82, 2.24) is 5.32 Å². The molecular formula is C17H24N2O2. The van der Waals surface area contributed by atoms with Crippen LogP contribution in [0.25, 0.3) is 0 Å². The minimum Gasteiger partial charge on any atom is -0.395 e. The lowest BCUT2D eigenvalue weighted by Crippen LogP contribution is -2.27. The molecule has 0 bridgehead atoms. The molecule has 1 amide bonds. The Bertz CT molecular complexity index is 512. The fourth-order valence-electron chi connectivity index (χ4n) is 2.63. The summed E-state index contributed by atoms with van der Waals surface area (Å²) in [5.74, 6) is 0.534. The molecule has 114 valence electrons. The molecule has 2 rings (SSSR count). The van der Waals surface area contributed by atoms with Crippen LogP contribution in [0.1, 0.15) is 35.2 Å². The van der Waals surface area contributed by atoms with Crippen molar-refractivity contribution < 1.29 is 9.90 Å². The first-order valence-electron chi connectivity index (χ1n) is 7.60. The third-order valence-corrected chi connectivity index (χ3v) is 3.93. The van der Waals surface area contributed by atoms with Gasteiger partial charge < -0.3 is 15.7 Å². The van der Waals surface area contributed by atoms with E-state index in [9.17, 15) is 4.79 Å². The molecule has 21 heavy (non-hydrogen) atoms. The molecule has 0 saturated heterocycles. The fourth-order valence-corrected chi connectivity index (χ4v) is 2.63. The maximum Gasteiger partial charge on any atom is 0.251 e. The molecule has 1 aliphatic rings. The molecule has 1 aromatic carbocycles. The summed E-state index contributed by atoms with van der Waals surface area (Å²) in [5.41, 5.74) is 2.64. The molecule has 0 heterocycles. The highest BCUT2D eigenvalue weighted by atomic mass is 16.3. The average Bonchev–Trinajstić information content (AvgIpc) is 2.52. The lowest BCUT2D eigenvalue weighted by Gasteiger charge is -2.20. The summed E-state index contributed by atoms with van der Waals surface area (Å²) < 4.78 is 0. The number of amides is 1. The Balaban J connectivity index is 1.99. The minimum absolute atomic E-state index is 0.0437. The van der Waals surface area contributed by atoms with Gasteiger partial charge in [0.2, 0.25) is 0 Å². The number of carbonyl (C=O) groups is 1. The van der Waals surface area contributed by atoms with Crippen molar-refractivity contribution in [2.75, 3.05) is 25.0 Å². The van der Waals surface area contributed by atoms with E-state index in [4.69, 9.17) is 5.11 Å². The van der Waals surface area contributed by atoms with Crippen LogP contribution in [0, 0.1) is 12.8 Å². The molecule has 1 aromatic rings. The standard InChI is InChI=1S/C17H24N2O2/c1-13-15(17(21)18-10-11-20)8-5-9-16(13)19-12-14-6-3-2-4-7-14/h2-3,5,8-9,14,19-20H,4,6-7,10-12H2,1H3,(H,18,21). The van der Waals surface area contributed by atoms with E-state index in [2.05, 4.69) is 22.8 Å². The number of benzene rings is 1. The molecule has 4 nitrogen and oxygen atoms in total. The Kier molecular flexibility index (Phi) is 5.81. The topological polar surface area (TPSA) is 61.4 Å². The van der Waals surface area contributed by atoms with E-state index in [-0.39, 0.29) is 19.1 Å². The third kappa shape index (κ3) is 4.33. The molecule has 1 unspecified atom stereocenters. The first-order chi connectivity index (χ1) is 10.2. The monoisotopic (exact) mass is 288 g/mol. The van der Waals surface area contributed by atoms with E-state index in [1.807, 2.05) is 25.1 Å². The first kappa shape index (κ1) is 15.6. The highest BCUT2D eigenvalue weighted by Gasteiger charge is 2.13. The number of allylic oxidation sites excluding steroid dienone is 2. The predicted molar refractivity (Wildman–Crippen MR) is 85.6 cm³/mol. The van der Waals surface area contributed by atoms with Crippen molar-refractivity contribution >= 4 is 11.6 Å². The molecule has 0 saturated carbocycles. The first-order valence-corrected chi connectivity index (χ1v) is 7.60.